The lowest BCUT2D eigenvalue weighted by Crippen LogP contribution is -2.42. The molecule has 108 valence electrons. The van der Waals surface area contributed by atoms with E-state index in [9.17, 15) is 15.0 Å². The minimum Gasteiger partial charge on any atom is -0.357 e. The number of carbonyl (C=O) groups is 1. The van der Waals surface area contributed by atoms with Crippen LogP contribution < -0.4 is 10.4 Å². The number of para-hydroxylation sites is 1. The molecular weight excluding hydrogens is 268 g/mol. The second kappa shape index (κ2) is 4.96. The van der Waals surface area contributed by atoms with Gasteiger partial charge in [-0.25, -0.2) is 10.4 Å². The smallest absolute Gasteiger partial charge is 0.303 e. The number of anilines is 1. The molecule has 0 bridgehead atoms. The Hall–Kier alpha value is -2.21. The SMILES string of the molecule is Cc1ccc(C2NN(c3ccccc3)C(=O)C2(O)O)cc1. The molecule has 1 heterocycles. The van der Waals surface area contributed by atoms with Crippen molar-refractivity contribution in [2.75, 3.05) is 5.01 Å². The van der Waals surface area contributed by atoms with Crippen molar-refractivity contribution in [3.05, 3.63) is 65.7 Å². The topological polar surface area (TPSA) is 72.8 Å². The summed E-state index contributed by atoms with van der Waals surface area (Å²) in [6.07, 6.45) is 0. The summed E-state index contributed by atoms with van der Waals surface area (Å²) in [6, 6.07) is 15.2. The number of benzene rings is 2. The first-order valence-electron chi connectivity index (χ1n) is 6.67. The molecule has 1 unspecified atom stereocenters. The zero-order valence-corrected chi connectivity index (χ0v) is 11.5. The summed E-state index contributed by atoms with van der Waals surface area (Å²) in [5, 5.41) is 21.5. The van der Waals surface area contributed by atoms with Crippen LogP contribution in [0.25, 0.3) is 0 Å². The molecular formula is C16H16N2O3. The van der Waals surface area contributed by atoms with Gasteiger partial charge < -0.3 is 10.2 Å². The molecule has 0 saturated carbocycles. The van der Waals surface area contributed by atoms with Gasteiger partial charge in [0.05, 0.1) is 5.69 Å². The molecule has 1 atom stereocenters. The number of hydrogen-bond donors (Lipinski definition) is 3. The summed E-state index contributed by atoms with van der Waals surface area (Å²) in [7, 11) is 0. The monoisotopic (exact) mass is 284 g/mol. The predicted octanol–water partition coefficient (Wildman–Crippen LogP) is 1.27. The van der Waals surface area contributed by atoms with Crippen LogP contribution in [0.5, 0.6) is 0 Å². The van der Waals surface area contributed by atoms with E-state index in [2.05, 4.69) is 5.43 Å². The summed E-state index contributed by atoms with van der Waals surface area (Å²) >= 11 is 0. The Balaban J connectivity index is 1.96. The van der Waals surface area contributed by atoms with E-state index < -0.39 is 17.7 Å². The van der Waals surface area contributed by atoms with Gasteiger partial charge in [0.15, 0.2) is 0 Å². The third kappa shape index (κ3) is 2.31. The molecule has 1 aliphatic rings. The Kier molecular flexibility index (Phi) is 3.25. The average Bonchev–Trinajstić information content (AvgIpc) is 2.72. The van der Waals surface area contributed by atoms with Crippen molar-refractivity contribution in [2.45, 2.75) is 18.8 Å². The summed E-state index contributed by atoms with van der Waals surface area (Å²) < 4.78 is 0. The number of hydrazine groups is 1. The van der Waals surface area contributed by atoms with E-state index in [-0.39, 0.29) is 0 Å². The van der Waals surface area contributed by atoms with Crippen LogP contribution >= 0.6 is 0 Å². The van der Waals surface area contributed by atoms with Crippen LogP contribution in [-0.2, 0) is 4.79 Å². The lowest BCUT2D eigenvalue weighted by Gasteiger charge is -2.20. The molecule has 5 nitrogen and oxygen atoms in total. The van der Waals surface area contributed by atoms with E-state index in [1.165, 1.54) is 5.01 Å². The molecule has 5 heteroatoms. The third-order valence-corrected chi connectivity index (χ3v) is 3.60. The van der Waals surface area contributed by atoms with E-state index in [0.29, 0.717) is 11.3 Å². The van der Waals surface area contributed by atoms with Crippen molar-refractivity contribution in [2.24, 2.45) is 0 Å². The van der Waals surface area contributed by atoms with Crippen LogP contribution in [-0.4, -0.2) is 21.9 Å². The van der Waals surface area contributed by atoms with Crippen molar-refractivity contribution in [1.29, 1.82) is 0 Å². The van der Waals surface area contributed by atoms with Gasteiger partial charge in [-0.3, -0.25) is 4.79 Å². The fourth-order valence-corrected chi connectivity index (χ4v) is 2.40. The molecule has 2 aromatic carbocycles. The number of rotatable bonds is 2. The van der Waals surface area contributed by atoms with Crippen LogP contribution in [0.4, 0.5) is 5.69 Å². The Morgan fingerprint density at radius 1 is 1.05 bits per heavy atom. The summed E-state index contributed by atoms with van der Waals surface area (Å²) in [6.45, 7) is 1.94. The highest BCUT2D eigenvalue weighted by molar-refractivity contribution is 6.00. The van der Waals surface area contributed by atoms with Crippen LogP contribution in [0.2, 0.25) is 0 Å². The number of aliphatic hydroxyl groups is 2. The Morgan fingerprint density at radius 3 is 2.29 bits per heavy atom. The van der Waals surface area contributed by atoms with Gasteiger partial charge in [0.2, 0.25) is 0 Å². The van der Waals surface area contributed by atoms with Crippen LogP contribution in [0.15, 0.2) is 54.6 Å². The maximum Gasteiger partial charge on any atom is 0.303 e. The quantitative estimate of drug-likeness (QED) is 0.726. The first-order chi connectivity index (χ1) is 10.00. The van der Waals surface area contributed by atoms with E-state index >= 15 is 0 Å². The van der Waals surface area contributed by atoms with Gasteiger partial charge in [0.1, 0.15) is 6.04 Å². The lowest BCUT2D eigenvalue weighted by molar-refractivity contribution is -0.182. The molecule has 0 radical (unpaired) electrons. The number of carbonyl (C=O) groups excluding carboxylic acids is 1. The molecule has 1 fully saturated rings. The van der Waals surface area contributed by atoms with Crippen molar-refractivity contribution in [3.8, 4) is 0 Å². The van der Waals surface area contributed by atoms with Crippen LogP contribution in [0.3, 0.4) is 0 Å². The van der Waals surface area contributed by atoms with Gasteiger partial charge in [0.25, 0.3) is 5.79 Å². The van der Waals surface area contributed by atoms with Gasteiger partial charge in [-0.15, -0.1) is 0 Å². The summed E-state index contributed by atoms with van der Waals surface area (Å²) in [5.41, 5.74) is 5.12. The highest BCUT2D eigenvalue weighted by atomic mass is 16.5. The zero-order chi connectivity index (χ0) is 15.0. The molecule has 0 aromatic heterocycles. The third-order valence-electron chi connectivity index (χ3n) is 3.60. The standard InChI is InChI=1S/C16H16N2O3/c1-11-7-9-12(10-8-11)14-16(20,21)15(19)18(17-14)13-5-3-2-4-6-13/h2-10,14,17,20-21H,1H3. The molecule has 1 aliphatic heterocycles. The Morgan fingerprint density at radius 2 is 1.67 bits per heavy atom. The number of hydrogen-bond acceptors (Lipinski definition) is 4. The molecule has 0 aliphatic carbocycles. The Bertz CT molecular complexity index is 653. The second-order valence-corrected chi connectivity index (χ2v) is 5.18. The van der Waals surface area contributed by atoms with E-state index in [4.69, 9.17) is 0 Å². The largest absolute Gasteiger partial charge is 0.357 e. The molecule has 1 saturated heterocycles. The number of amides is 1. The maximum atomic E-state index is 12.2. The van der Waals surface area contributed by atoms with Gasteiger partial charge >= 0.3 is 5.91 Å². The van der Waals surface area contributed by atoms with Gasteiger partial charge in [-0.2, -0.15) is 0 Å². The van der Waals surface area contributed by atoms with Crippen molar-refractivity contribution < 1.29 is 15.0 Å². The van der Waals surface area contributed by atoms with Crippen LogP contribution in [0.1, 0.15) is 17.2 Å². The molecule has 3 rings (SSSR count). The maximum absolute atomic E-state index is 12.2. The molecule has 2 aromatic rings. The number of aryl methyl sites for hydroxylation is 1. The van der Waals surface area contributed by atoms with E-state index in [1.807, 2.05) is 25.1 Å². The highest BCUT2D eigenvalue weighted by Gasteiger charge is 2.53. The minimum absolute atomic E-state index is 0.560. The van der Waals surface area contributed by atoms with Gasteiger partial charge in [0, 0.05) is 0 Å². The van der Waals surface area contributed by atoms with Crippen molar-refractivity contribution in [3.63, 3.8) is 0 Å². The number of nitrogens with zero attached hydrogens (tertiary/aromatic N) is 1. The highest BCUT2D eigenvalue weighted by Crippen LogP contribution is 2.33. The average molecular weight is 284 g/mol. The summed E-state index contributed by atoms with van der Waals surface area (Å²) in [5.74, 6) is -3.27. The van der Waals surface area contributed by atoms with Crippen molar-refractivity contribution in [1.82, 2.24) is 5.43 Å². The van der Waals surface area contributed by atoms with Crippen LogP contribution in [0, 0.1) is 6.92 Å². The molecule has 21 heavy (non-hydrogen) atoms. The van der Waals surface area contributed by atoms with Gasteiger partial charge in [-0.1, -0.05) is 48.0 Å². The van der Waals surface area contributed by atoms with E-state index in [1.54, 1.807) is 36.4 Å². The number of nitrogens with one attached hydrogen (secondary N) is 1. The minimum atomic E-state index is -2.48. The summed E-state index contributed by atoms with van der Waals surface area (Å²) in [4.78, 5) is 12.2. The first-order valence-corrected chi connectivity index (χ1v) is 6.67. The molecule has 1 amide bonds. The second-order valence-electron chi connectivity index (χ2n) is 5.18. The first kappa shape index (κ1) is 13.8. The fraction of sp³-hybridized carbons (Fsp3) is 0.188. The normalized spacial score (nSPS) is 20.8. The lowest BCUT2D eigenvalue weighted by atomic mass is 9.99. The fourth-order valence-electron chi connectivity index (χ4n) is 2.40. The van der Waals surface area contributed by atoms with E-state index in [0.717, 1.165) is 5.56 Å². The van der Waals surface area contributed by atoms with Crippen molar-refractivity contribution >= 4 is 11.6 Å². The zero-order valence-electron chi connectivity index (χ0n) is 11.5. The Labute approximate surface area is 122 Å². The predicted molar refractivity (Wildman–Crippen MR) is 78.2 cm³/mol. The molecule has 0 spiro atoms. The molecule has 3 N–H and O–H groups in total. The van der Waals surface area contributed by atoms with Gasteiger partial charge in [-0.05, 0) is 24.6 Å².